The van der Waals surface area contributed by atoms with E-state index in [1.54, 1.807) is 18.2 Å². The van der Waals surface area contributed by atoms with Gasteiger partial charge < -0.3 is 4.74 Å². The lowest BCUT2D eigenvalue weighted by molar-refractivity contribution is 0.0574. The molecule has 0 bridgehead atoms. The summed E-state index contributed by atoms with van der Waals surface area (Å²) in [5, 5.41) is -0.660. The van der Waals surface area contributed by atoms with Crippen molar-refractivity contribution in [1.82, 2.24) is 0 Å². The van der Waals surface area contributed by atoms with Crippen molar-refractivity contribution in [2.24, 2.45) is 5.92 Å². The molecule has 0 saturated carbocycles. The standard InChI is InChI=1S/C12H14ClFO3S/c13-18(15,16)12-5-6-17-8-10(12)7-9-3-1-2-4-11(9)14/h1-4,10,12H,5-8H2/t10-,12+/m0/s1. The monoisotopic (exact) mass is 292 g/mol. The van der Waals surface area contributed by atoms with Gasteiger partial charge in [-0.15, -0.1) is 0 Å². The molecule has 18 heavy (non-hydrogen) atoms. The molecule has 0 unspecified atom stereocenters. The Bertz CT molecular complexity index is 518. The van der Waals surface area contributed by atoms with Gasteiger partial charge in [-0.1, -0.05) is 18.2 Å². The minimum absolute atomic E-state index is 0.293. The van der Waals surface area contributed by atoms with Crippen LogP contribution in [0.15, 0.2) is 24.3 Å². The fourth-order valence-corrected chi connectivity index (χ4v) is 4.00. The average Bonchev–Trinajstić information content (AvgIpc) is 2.31. The van der Waals surface area contributed by atoms with Gasteiger partial charge in [-0.05, 0) is 24.5 Å². The van der Waals surface area contributed by atoms with Crippen LogP contribution in [0.4, 0.5) is 4.39 Å². The molecule has 0 amide bonds. The van der Waals surface area contributed by atoms with Gasteiger partial charge in [-0.3, -0.25) is 0 Å². The van der Waals surface area contributed by atoms with Crippen molar-refractivity contribution in [1.29, 1.82) is 0 Å². The van der Waals surface area contributed by atoms with E-state index >= 15 is 0 Å². The third kappa shape index (κ3) is 3.22. The third-order valence-corrected chi connectivity index (χ3v) is 5.24. The summed E-state index contributed by atoms with van der Waals surface area (Å²) < 4.78 is 41.8. The van der Waals surface area contributed by atoms with Gasteiger partial charge >= 0.3 is 0 Å². The second kappa shape index (κ2) is 5.55. The van der Waals surface area contributed by atoms with Crippen molar-refractivity contribution in [3.63, 3.8) is 0 Å². The van der Waals surface area contributed by atoms with Crippen molar-refractivity contribution in [2.75, 3.05) is 13.2 Å². The molecule has 6 heteroatoms. The van der Waals surface area contributed by atoms with Crippen LogP contribution in [0.1, 0.15) is 12.0 Å². The number of ether oxygens (including phenoxy) is 1. The lowest BCUT2D eigenvalue weighted by atomic mass is 9.93. The van der Waals surface area contributed by atoms with E-state index in [1.165, 1.54) is 6.07 Å². The number of hydrogen-bond acceptors (Lipinski definition) is 3. The van der Waals surface area contributed by atoms with E-state index in [0.29, 0.717) is 31.6 Å². The smallest absolute Gasteiger partial charge is 0.235 e. The lowest BCUT2D eigenvalue weighted by Crippen LogP contribution is -2.37. The summed E-state index contributed by atoms with van der Waals surface area (Å²) in [5.41, 5.74) is 0.498. The molecule has 2 rings (SSSR count). The number of halogens is 2. The predicted octanol–water partition coefficient (Wildman–Crippen LogP) is 2.34. The number of hydrogen-bond donors (Lipinski definition) is 0. The molecule has 1 aliphatic rings. The van der Waals surface area contributed by atoms with Gasteiger partial charge in [-0.2, -0.15) is 0 Å². The number of rotatable bonds is 3. The van der Waals surface area contributed by atoms with Crippen LogP contribution < -0.4 is 0 Å². The van der Waals surface area contributed by atoms with Crippen LogP contribution in [0.3, 0.4) is 0 Å². The second-order valence-electron chi connectivity index (χ2n) is 4.43. The van der Waals surface area contributed by atoms with E-state index in [2.05, 4.69) is 0 Å². The van der Waals surface area contributed by atoms with Crippen molar-refractivity contribution in [3.05, 3.63) is 35.6 Å². The molecule has 1 aromatic carbocycles. The molecule has 1 saturated heterocycles. The summed E-state index contributed by atoms with van der Waals surface area (Å²) in [6.07, 6.45) is 0.689. The molecule has 0 radical (unpaired) electrons. The van der Waals surface area contributed by atoms with E-state index in [0.717, 1.165) is 0 Å². The highest BCUT2D eigenvalue weighted by Gasteiger charge is 2.35. The molecule has 0 N–H and O–H groups in total. The van der Waals surface area contributed by atoms with Crippen LogP contribution >= 0.6 is 10.7 Å². The molecular weight excluding hydrogens is 279 g/mol. The maximum atomic E-state index is 13.5. The Morgan fingerprint density at radius 1 is 1.39 bits per heavy atom. The molecule has 0 aromatic heterocycles. The maximum absolute atomic E-state index is 13.5. The lowest BCUT2D eigenvalue weighted by Gasteiger charge is -2.29. The molecule has 2 atom stereocenters. The zero-order valence-electron chi connectivity index (χ0n) is 9.68. The molecule has 3 nitrogen and oxygen atoms in total. The van der Waals surface area contributed by atoms with Crippen LogP contribution in [-0.2, 0) is 20.2 Å². The minimum Gasteiger partial charge on any atom is -0.381 e. The summed E-state index contributed by atoms with van der Waals surface area (Å²) in [4.78, 5) is 0. The van der Waals surface area contributed by atoms with E-state index in [9.17, 15) is 12.8 Å². The Balaban J connectivity index is 2.18. The fourth-order valence-electron chi connectivity index (χ4n) is 2.28. The summed E-state index contributed by atoms with van der Waals surface area (Å²) in [6, 6.07) is 6.35. The second-order valence-corrected chi connectivity index (χ2v) is 7.28. The summed E-state index contributed by atoms with van der Waals surface area (Å²) >= 11 is 0. The van der Waals surface area contributed by atoms with Crippen molar-refractivity contribution in [3.8, 4) is 0 Å². The zero-order chi connectivity index (χ0) is 13.2. The Labute approximate surface area is 110 Å². The van der Waals surface area contributed by atoms with Crippen LogP contribution in [0.25, 0.3) is 0 Å². The van der Waals surface area contributed by atoms with Crippen LogP contribution in [0.5, 0.6) is 0 Å². The SMILES string of the molecule is O=S(=O)(Cl)[C@@H]1CCOC[C@@H]1Cc1ccccc1F. The summed E-state index contributed by atoms with van der Waals surface area (Å²) in [5.74, 6) is -0.619. The fraction of sp³-hybridized carbons (Fsp3) is 0.500. The van der Waals surface area contributed by atoms with Gasteiger partial charge in [0.1, 0.15) is 5.82 Å². The quantitative estimate of drug-likeness (QED) is 0.803. The Kier molecular flexibility index (Phi) is 4.25. The highest BCUT2D eigenvalue weighted by Crippen LogP contribution is 2.28. The van der Waals surface area contributed by atoms with Crippen LogP contribution in [-0.4, -0.2) is 26.9 Å². The first-order chi connectivity index (χ1) is 8.48. The Morgan fingerprint density at radius 2 is 2.11 bits per heavy atom. The average molecular weight is 293 g/mol. The van der Waals surface area contributed by atoms with Gasteiger partial charge in [0.15, 0.2) is 0 Å². The highest BCUT2D eigenvalue weighted by atomic mass is 35.7. The molecule has 1 heterocycles. The Morgan fingerprint density at radius 3 is 2.78 bits per heavy atom. The molecule has 0 aliphatic carbocycles. The Hall–Kier alpha value is -0.650. The minimum atomic E-state index is -3.64. The zero-order valence-corrected chi connectivity index (χ0v) is 11.3. The highest BCUT2D eigenvalue weighted by molar-refractivity contribution is 8.14. The van der Waals surface area contributed by atoms with E-state index in [1.807, 2.05) is 0 Å². The number of benzene rings is 1. The first-order valence-electron chi connectivity index (χ1n) is 5.73. The van der Waals surface area contributed by atoms with Gasteiger partial charge in [0.05, 0.1) is 11.9 Å². The van der Waals surface area contributed by atoms with Gasteiger partial charge in [0.25, 0.3) is 0 Å². The molecular formula is C12H14ClFO3S. The maximum Gasteiger partial charge on any atom is 0.235 e. The largest absolute Gasteiger partial charge is 0.381 e. The topological polar surface area (TPSA) is 43.4 Å². The van der Waals surface area contributed by atoms with E-state index < -0.39 is 14.3 Å². The molecule has 1 aromatic rings. The first-order valence-corrected chi connectivity index (χ1v) is 8.10. The first kappa shape index (κ1) is 13.8. The van der Waals surface area contributed by atoms with Gasteiger partial charge in [0, 0.05) is 23.2 Å². The van der Waals surface area contributed by atoms with E-state index in [4.69, 9.17) is 15.4 Å². The molecule has 1 aliphatic heterocycles. The van der Waals surface area contributed by atoms with Gasteiger partial charge in [-0.25, -0.2) is 12.8 Å². The normalized spacial score (nSPS) is 25.0. The summed E-state index contributed by atoms with van der Waals surface area (Å²) in [6.45, 7) is 0.676. The molecule has 0 spiro atoms. The predicted molar refractivity (Wildman–Crippen MR) is 67.6 cm³/mol. The summed E-state index contributed by atoms with van der Waals surface area (Å²) in [7, 11) is 1.80. The van der Waals surface area contributed by atoms with Gasteiger partial charge in [0.2, 0.25) is 9.05 Å². The van der Waals surface area contributed by atoms with Crippen LogP contribution in [0, 0.1) is 11.7 Å². The molecule has 100 valence electrons. The van der Waals surface area contributed by atoms with Crippen molar-refractivity contribution in [2.45, 2.75) is 18.1 Å². The van der Waals surface area contributed by atoms with Crippen molar-refractivity contribution < 1.29 is 17.5 Å². The van der Waals surface area contributed by atoms with Crippen LogP contribution in [0.2, 0.25) is 0 Å². The van der Waals surface area contributed by atoms with E-state index in [-0.39, 0.29) is 11.7 Å². The van der Waals surface area contributed by atoms with Crippen molar-refractivity contribution >= 4 is 19.7 Å². The third-order valence-electron chi connectivity index (χ3n) is 3.21. The molecule has 1 fully saturated rings.